The first-order valence-corrected chi connectivity index (χ1v) is 7.84. The summed E-state index contributed by atoms with van der Waals surface area (Å²) in [5.74, 6) is 0.427. The number of nitrogens with zero attached hydrogens (tertiary/aromatic N) is 2. The van der Waals surface area contributed by atoms with E-state index in [0.29, 0.717) is 11.6 Å². The number of carbonyl (C=O) groups excluding carboxylic acids is 1. The molecule has 0 aliphatic heterocycles. The van der Waals surface area contributed by atoms with Crippen molar-refractivity contribution in [2.75, 3.05) is 20.6 Å². The average Bonchev–Trinajstić information content (AvgIpc) is 2.75. The van der Waals surface area contributed by atoms with Crippen molar-refractivity contribution in [1.82, 2.24) is 15.2 Å². The quantitative estimate of drug-likeness (QED) is 0.806. The SMILES string of the molecule is CC(C)CC(CN(C)C)NC(=O)c1csc(C(C)N)n1. The number of nitrogens with two attached hydrogens (primary N) is 1. The molecule has 5 nitrogen and oxygen atoms in total. The van der Waals surface area contributed by atoms with E-state index >= 15 is 0 Å². The number of likely N-dealkylation sites (N-methyl/N-ethyl adjacent to an activating group) is 1. The van der Waals surface area contributed by atoms with Gasteiger partial charge in [-0.3, -0.25) is 4.79 Å². The fraction of sp³-hybridized carbons (Fsp3) is 0.714. The maximum Gasteiger partial charge on any atom is 0.271 e. The Balaban J connectivity index is 2.68. The van der Waals surface area contributed by atoms with E-state index in [1.54, 1.807) is 5.38 Å². The standard InChI is InChI=1S/C14H26N4OS/c1-9(2)6-11(7-18(4)5)16-13(19)12-8-20-14(17-12)10(3)15/h8-11H,6-7,15H2,1-5H3,(H,16,19). The van der Waals surface area contributed by atoms with Crippen molar-refractivity contribution in [3.05, 3.63) is 16.1 Å². The molecule has 2 atom stereocenters. The second-order valence-electron chi connectivity index (χ2n) is 5.92. The predicted molar refractivity (Wildman–Crippen MR) is 84.0 cm³/mol. The van der Waals surface area contributed by atoms with Gasteiger partial charge in [-0.25, -0.2) is 4.98 Å². The van der Waals surface area contributed by atoms with Crippen LogP contribution in [0.1, 0.15) is 48.7 Å². The maximum atomic E-state index is 12.2. The summed E-state index contributed by atoms with van der Waals surface area (Å²) < 4.78 is 0. The lowest BCUT2D eigenvalue weighted by Crippen LogP contribution is -2.42. The van der Waals surface area contributed by atoms with Crippen molar-refractivity contribution in [3.8, 4) is 0 Å². The van der Waals surface area contributed by atoms with Gasteiger partial charge in [0.05, 0.1) is 6.04 Å². The zero-order valence-corrected chi connectivity index (χ0v) is 13.8. The van der Waals surface area contributed by atoms with E-state index in [9.17, 15) is 4.79 Å². The molecule has 0 aliphatic carbocycles. The van der Waals surface area contributed by atoms with E-state index in [2.05, 4.69) is 29.0 Å². The summed E-state index contributed by atoms with van der Waals surface area (Å²) in [5.41, 5.74) is 6.24. The molecule has 0 radical (unpaired) electrons. The van der Waals surface area contributed by atoms with Crippen molar-refractivity contribution in [2.45, 2.75) is 39.3 Å². The molecule has 3 N–H and O–H groups in total. The van der Waals surface area contributed by atoms with E-state index in [0.717, 1.165) is 18.0 Å². The van der Waals surface area contributed by atoms with Gasteiger partial charge in [0.15, 0.2) is 0 Å². The van der Waals surface area contributed by atoms with Gasteiger partial charge < -0.3 is 16.0 Å². The summed E-state index contributed by atoms with van der Waals surface area (Å²) >= 11 is 1.43. The second kappa shape index (κ2) is 7.71. The van der Waals surface area contributed by atoms with Gasteiger partial charge >= 0.3 is 0 Å². The largest absolute Gasteiger partial charge is 0.347 e. The smallest absolute Gasteiger partial charge is 0.271 e. The van der Waals surface area contributed by atoms with E-state index < -0.39 is 0 Å². The van der Waals surface area contributed by atoms with Gasteiger partial charge in [0.2, 0.25) is 0 Å². The van der Waals surface area contributed by atoms with E-state index in [-0.39, 0.29) is 18.0 Å². The molecular weight excluding hydrogens is 272 g/mol. The van der Waals surface area contributed by atoms with E-state index in [1.807, 2.05) is 21.0 Å². The third-order valence-corrected chi connectivity index (χ3v) is 3.87. The predicted octanol–water partition coefficient (Wildman–Crippen LogP) is 1.87. The van der Waals surface area contributed by atoms with Crippen LogP contribution in [0.4, 0.5) is 0 Å². The molecule has 1 aromatic rings. The average molecular weight is 298 g/mol. The van der Waals surface area contributed by atoms with Gasteiger partial charge in [0.25, 0.3) is 5.91 Å². The Morgan fingerprint density at radius 3 is 2.55 bits per heavy atom. The Morgan fingerprint density at radius 2 is 2.10 bits per heavy atom. The molecule has 0 saturated carbocycles. The van der Waals surface area contributed by atoms with Crippen LogP contribution in [0.3, 0.4) is 0 Å². The fourth-order valence-corrected chi connectivity index (χ4v) is 2.81. The zero-order valence-electron chi connectivity index (χ0n) is 13.0. The summed E-state index contributed by atoms with van der Waals surface area (Å²) in [7, 11) is 4.02. The number of amides is 1. The highest BCUT2D eigenvalue weighted by atomic mass is 32.1. The number of carbonyl (C=O) groups is 1. The molecule has 1 heterocycles. The Bertz CT molecular complexity index is 419. The highest BCUT2D eigenvalue weighted by molar-refractivity contribution is 7.09. The normalized spacial score (nSPS) is 14.6. The fourth-order valence-electron chi connectivity index (χ4n) is 2.05. The molecule has 0 bridgehead atoms. The summed E-state index contributed by atoms with van der Waals surface area (Å²) in [6.07, 6.45) is 0.953. The highest BCUT2D eigenvalue weighted by Crippen LogP contribution is 2.16. The lowest BCUT2D eigenvalue weighted by Gasteiger charge is -2.23. The van der Waals surface area contributed by atoms with E-state index in [4.69, 9.17) is 5.73 Å². The Morgan fingerprint density at radius 1 is 1.45 bits per heavy atom. The molecule has 0 aliphatic rings. The molecule has 0 saturated heterocycles. The topological polar surface area (TPSA) is 71.2 Å². The van der Waals surface area contributed by atoms with Gasteiger partial charge in [0, 0.05) is 18.0 Å². The lowest BCUT2D eigenvalue weighted by molar-refractivity contribution is 0.0920. The van der Waals surface area contributed by atoms with Crippen molar-refractivity contribution in [3.63, 3.8) is 0 Å². The number of rotatable bonds is 7. The van der Waals surface area contributed by atoms with Crippen LogP contribution in [-0.2, 0) is 0 Å². The molecule has 1 rings (SSSR count). The first kappa shape index (κ1) is 17.1. The number of hydrogen-bond acceptors (Lipinski definition) is 5. The summed E-state index contributed by atoms with van der Waals surface area (Å²) in [5, 5.41) is 5.64. The van der Waals surface area contributed by atoms with Crippen molar-refractivity contribution in [2.24, 2.45) is 11.7 Å². The summed E-state index contributed by atoms with van der Waals surface area (Å²) in [6.45, 7) is 7.01. The van der Waals surface area contributed by atoms with Crippen LogP contribution in [0.15, 0.2) is 5.38 Å². The third kappa shape index (κ3) is 5.56. The Hall–Kier alpha value is -0.980. The minimum absolute atomic E-state index is 0.111. The Labute approximate surface area is 125 Å². The molecule has 2 unspecified atom stereocenters. The minimum Gasteiger partial charge on any atom is -0.347 e. The molecule has 20 heavy (non-hydrogen) atoms. The molecule has 0 spiro atoms. The second-order valence-corrected chi connectivity index (χ2v) is 6.81. The summed E-state index contributed by atoms with van der Waals surface area (Å²) in [6, 6.07) is 0.00716. The lowest BCUT2D eigenvalue weighted by atomic mass is 10.0. The zero-order chi connectivity index (χ0) is 15.3. The van der Waals surface area contributed by atoms with Crippen LogP contribution < -0.4 is 11.1 Å². The molecule has 0 aromatic carbocycles. The first-order chi connectivity index (χ1) is 9.29. The number of hydrogen-bond donors (Lipinski definition) is 2. The minimum atomic E-state index is -0.130. The van der Waals surface area contributed by atoms with Crippen LogP contribution in [-0.4, -0.2) is 42.5 Å². The van der Waals surface area contributed by atoms with Gasteiger partial charge in [-0.05, 0) is 33.4 Å². The van der Waals surface area contributed by atoms with Crippen molar-refractivity contribution < 1.29 is 4.79 Å². The van der Waals surface area contributed by atoms with Crippen LogP contribution in [0.2, 0.25) is 0 Å². The van der Waals surface area contributed by atoms with Crippen LogP contribution in [0.5, 0.6) is 0 Å². The monoisotopic (exact) mass is 298 g/mol. The van der Waals surface area contributed by atoms with Crippen LogP contribution in [0.25, 0.3) is 0 Å². The summed E-state index contributed by atoms with van der Waals surface area (Å²) in [4.78, 5) is 18.6. The van der Waals surface area contributed by atoms with E-state index in [1.165, 1.54) is 11.3 Å². The molecule has 114 valence electrons. The molecule has 0 fully saturated rings. The van der Waals surface area contributed by atoms with Crippen molar-refractivity contribution in [1.29, 1.82) is 0 Å². The van der Waals surface area contributed by atoms with Gasteiger partial charge in [-0.2, -0.15) is 0 Å². The maximum absolute atomic E-state index is 12.2. The van der Waals surface area contributed by atoms with Crippen LogP contribution >= 0.6 is 11.3 Å². The number of aromatic nitrogens is 1. The van der Waals surface area contributed by atoms with Gasteiger partial charge in [-0.15, -0.1) is 11.3 Å². The molecular formula is C14H26N4OS. The van der Waals surface area contributed by atoms with Crippen LogP contribution in [0, 0.1) is 5.92 Å². The first-order valence-electron chi connectivity index (χ1n) is 6.96. The molecule has 6 heteroatoms. The molecule has 1 aromatic heterocycles. The third-order valence-electron chi connectivity index (χ3n) is 2.82. The Kier molecular flexibility index (Phi) is 6.58. The number of nitrogens with one attached hydrogen (secondary N) is 1. The highest BCUT2D eigenvalue weighted by Gasteiger charge is 2.18. The van der Waals surface area contributed by atoms with Gasteiger partial charge in [-0.1, -0.05) is 13.8 Å². The number of thiazole rings is 1. The van der Waals surface area contributed by atoms with Crippen molar-refractivity contribution >= 4 is 17.2 Å². The van der Waals surface area contributed by atoms with Gasteiger partial charge in [0.1, 0.15) is 10.7 Å². The molecule has 1 amide bonds.